The van der Waals surface area contributed by atoms with Gasteiger partial charge in [-0.1, -0.05) is 18.2 Å². The van der Waals surface area contributed by atoms with Crippen molar-refractivity contribution in [1.82, 2.24) is 15.5 Å². The molecular formula is C15H15N3O2S. The summed E-state index contributed by atoms with van der Waals surface area (Å²) in [5, 5.41) is 20.5. The Kier molecular flexibility index (Phi) is 3.98. The first kappa shape index (κ1) is 13.8. The van der Waals surface area contributed by atoms with Crippen LogP contribution in [0.25, 0.3) is 10.1 Å². The van der Waals surface area contributed by atoms with Gasteiger partial charge in [-0.05, 0) is 23.6 Å². The second-order valence-electron chi connectivity index (χ2n) is 4.77. The maximum Gasteiger partial charge on any atom is 0.226 e. The molecular weight excluding hydrogens is 286 g/mol. The van der Waals surface area contributed by atoms with Crippen LogP contribution in [0, 0.1) is 0 Å². The summed E-state index contributed by atoms with van der Waals surface area (Å²) in [6.07, 6.45) is 1.15. The summed E-state index contributed by atoms with van der Waals surface area (Å²) >= 11 is 1.54. The average molecular weight is 301 g/mol. The zero-order chi connectivity index (χ0) is 14.7. The number of nitrogens with one attached hydrogen (secondary N) is 2. The van der Waals surface area contributed by atoms with E-state index in [1.807, 2.05) is 30.3 Å². The molecule has 0 unspecified atom stereocenters. The fraction of sp³-hybridized carbons (Fsp3) is 0.200. The van der Waals surface area contributed by atoms with Crippen LogP contribution in [0.3, 0.4) is 0 Å². The first-order valence-electron chi connectivity index (χ1n) is 6.64. The van der Waals surface area contributed by atoms with E-state index in [2.05, 4.69) is 15.5 Å². The highest BCUT2D eigenvalue weighted by molar-refractivity contribution is 7.19. The monoisotopic (exact) mass is 301 g/mol. The maximum absolute atomic E-state index is 11.8. The van der Waals surface area contributed by atoms with Crippen LogP contribution in [-0.4, -0.2) is 27.8 Å². The molecule has 3 rings (SSSR count). The van der Waals surface area contributed by atoms with Crippen molar-refractivity contribution in [3.63, 3.8) is 0 Å². The number of carbonyl (C=O) groups excluding carboxylic acids is 1. The molecule has 0 spiro atoms. The third-order valence-corrected chi connectivity index (χ3v) is 4.39. The third kappa shape index (κ3) is 3.29. The standard InChI is InChI=1S/C15H15N3O2S/c19-12(9-16-15(20)8-11-5-6-17-18-11)14-7-10-3-1-2-4-13(10)21-14/h1-7,12,19H,8-9H2,(H,16,20)(H,17,18)/t12-/m0/s1. The van der Waals surface area contributed by atoms with Crippen molar-refractivity contribution in [2.45, 2.75) is 12.5 Å². The third-order valence-electron chi connectivity index (χ3n) is 3.18. The number of aliphatic hydroxyl groups is 1. The number of thiophene rings is 1. The van der Waals surface area contributed by atoms with Crippen LogP contribution in [0.5, 0.6) is 0 Å². The highest BCUT2D eigenvalue weighted by atomic mass is 32.1. The summed E-state index contributed by atoms with van der Waals surface area (Å²) < 4.78 is 1.13. The number of carbonyl (C=O) groups is 1. The van der Waals surface area contributed by atoms with Gasteiger partial charge in [0.25, 0.3) is 0 Å². The summed E-state index contributed by atoms with van der Waals surface area (Å²) in [5.41, 5.74) is 0.754. The fourth-order valence-corrected chi connectivity index (χ4v) is 3.15. The molecule has 2 heterocycles. The van der Waals surface area contributed by atoms with Gasteiger partial charge in [-0.3, -0.25) is 9.89 Å². The number of aromatic amines is 1. The molecule has 3 N–H and O–H groups in total. The topological polar surface area (TPSA) is 78.0 Å². The van der Waals surface area contributed by atoms with E-state index >= 15 is 0 Å². The van der Waals surface area contributed by atoms with Crippen molar-refractivity contribution in [3.8, 4) is 0 Å². The number of nitrogens with zero attached hydrogens (tertiary/aromatic N) is 1. The number of aliphatic hydroxyl groups excluding tert-OH is 1. The van der Waals surface area contributed by atoms with Gasteiger partial charge in [0.05, 0.1) is 6.42 Å². The summed E-state index contributed by atoms with van der Waals surface area (Å²) in [4.78, 5) is 12.6. The van der Waals surface area contributed by atoms with E-state index in [1.165, 1.54) is 0 Å². The Balaban J connectivity index is 1.58. The van der Waals surface area contributed by atoms with E-state index in [0.29, 0.717) is 0 Å². The Labute approximate surface area is 125 Å². The van der Waals surface area contributed by atoms with Crippen molar-refractivity contribution in [2.75, 3.05) is 6.54 Å². The largest absolute Gasteiger partial charge is 0.386 e. The first-order chi connectivity index (χ1) is 10.2. The number of H-pyrrole nitrogens is 1. The lowest BCUT2D eigenvalue weighted by molar-refractivity contribution is -0.120. The Hall–Kier alpha value is -2.18. The molecule has 0 aliphatic rings. The molecule has 1 amide bonds. The summed E-state index contributed by atoms with van der Waals surface area (Å²) in [6, 6.07) is 11.7. The smallest absolute Gasteiger partial charge is 0.226 e. The van der Waals surface area contributed by atoms with E-state index < -0.39 is 6.10 Å². The molecule has 5 nitrogen and oxygen atoms in total. The minimum atomic E-state index is -0.687. The molecule has 0 aliphatic heterocycles. The summed E-state index contributed by atoms with van der Waals surface area (Å²) in [6.45, 7) is 0.208. The molecule has 1 atom stereocenters. The zero-order valence-electron chi connectivity index (χ0n) is 11.2. The van der Waals surface area contributed by atoms with Gasteiger partial charge < -0.3 is 10.4 Å². The van der Waals surface area contributed by atoms with Crippen LogP contribution >= 0.6 is 11.3 Å². The highest BCUT2D eigenvalue weighted by Gasteiger charge is 2.13. The number of benzene rings is 1. The second-order valence-corrected chi connectivity index (χ2v) is 5.88. The van der Waals surface area contributed by atoms with Gasteiger partial charge in [-0.2, -0.15) is 5.10 Å². The van der Waals surface area contributed by atoms with Crippen LogP contribution in [0.15, 0.2) is 42.6 Å². The molecule has 0 saturated heterocycles. The van der Waals surface area contributed by atoms with E-state index in [0.717, 1.165) is 20.7 Å². The molecule has 0 saturated carbocycles. The van der Waals surface area contributed by atoms with Gasteiger partial charge in [0.1, 0.15) is 6.10 Å². The van der Waals surface area contributed by atoms with Gasteiger partial charge >= 0.3 is 0 Å². The second kappa shape index (κ2) is 6.07. The average Bonchev–Trinajstić information content (AvgIpc) is 3.13. The lowest BCUT2D eigenvalue weighted by Gasteiger charge is -2.09. The van der Waals surface area contributed by atoms with Crippen LogP contribution in [0.1, 0.15) is 16.7 Å². The molecule has 0 fully saturated rings. The molecule has 2 aromatic heterocycles. The molecule has 21 heavy (non-hydrogen) atoms. The normalized spacial score (nSPS) is 12.4. The van der Waals surface area contributed by atoms with E-state index in [1.54, 1.807) is 23.6 Å². The number of hydrogen-bond acceptors (Lipinski definition) is 4. The van der Waals surface area contributed by atoms with Crippen LogP contribution < -0.4 is 5.32 Å². The number of rotatable bonds is 5. The quantitative estimate of drug-likeness (QED) is 0.674. The number of fused-ring (bicyclic) bond motifs is 1. The zero-order valence-corrected chi connectivity index (χ0v) is 12.1. The van der Waals surface area contributed by atoms with Crippen LogP contribution in [0.4, 0.5) is 0 Å². The van der Waals surface area contributed by atoms with Gasteiger partial charge in [-0.25, -0.2) is 0 Å². The van der Waals surface area contributed by atoms with E-state index in [-0.39, 0.29) is 18.9 Å². The highest BCUT2D eigenvalue weighted by Crippen LogP contribution is 2.29. The fourth-order valence-electron chi connectivity index (χ4n) is 2.10. The van der Waals surface area contributed by atoms with E-state index in [4.69, 9.17) is 0 Å². The molecule has 108 valence electrons. The Bertz CT molecular complexity index is 703. The van der Waals surface area contributed by atoms with Gasteiger partial charge in [0.15, 0.2) is 0 Å². The minimum absolute atomic E-state index is 0.139. The van der Waals surface area contributed by atoms with Gasteiger partial charge in [0.2, 0.25) is 5.91 Å². The summed E-state index contributed by atoms with van der Waals surface area (Å²) in [7, 11) is 0. The predicted molar refractivity (Wildman–Crippen MR) is 82.1 cm³/mol. The Morgan fingerprint density at radius 2 is 2.24 bits per heavy atom. The number of aromatic nitrogens is 2. The van der Waals surface area contributed by atoms with Crippen molar-refractivity contribution in [2.24, 2.45) is 0 Å². The lowest BCUT2D eigenvalue weighted by Crippen LogP contribution is -2.29. The van der Waals surface area contributed by atoms with E-state index in [9.17, 15) is 9.90 Å². The molecule has 0 aliphatic carbocycles. The molecule has 0 bridgehead atoms. The van der Waals surface area contributed by atoms with Gasteiger partial charge in [-0.15, -0.1) is 11.3 Å². The lowest BCUT2D eigenvalue weighted by atomic mass is 10.2. The van der Waals surface area contributed by atoms with Crippen LogP contribution in [-0.2, 0) is 11.2 Å². The van der Waals surface area contributed by atoms with Crippen molar-refractivity contribution < 1.29 is 9.90 Å². The SMILES string of the molecule is O=C(Cc1ccn[nH]1)NC[C@H](O)c1cc2ccccc2s1. The Morgan fingerprint density at radius 1 is 1.38 bits per heavy atom. The molecule has 1 aromatic carbocycles. The van der Waals surface area contributed by atoms with Crippen molar-refractivity contribution >= 4 is 27.3 Å². The minimum Gasteiger partial charge on any atom is -0.386 e. The van der Waals surface area contributed by atoms with Crippen molar-refractivity contribution in [1.29, 1.82) is 0 Å². The molecule has 6 heteroatoms. The number of amides is 1. The first-order valence-corrected chi connectivity index (χ1v) is 7.45. The summed E-state index contributed by atoms with van der Waals surface area (Å²) in [5.74, 6) is -0.139. The predicted octanol–water partition coefficient (Wildman–Crippen LogP) is 2.02. The van der Waals surface area contributed by atoms with Crippen LogP contribution in [0.2, 0.25) is 0 Å². The molecule has 0 radical (unpaired) electrons. The number of hydrogen-bond donors (Lipinski definition) is 3. The maximum atomic E-state index is 11.8. The van der Waals surface area contributed by atoms with Gasteiger partial charge in [0, 0.05) is 28.0 Å². The van der Waals surface area contributed by atoms with Crippen molar-refractivity contribution in [3.05, 3.63) is 53.2 Å². The Morgan fingerprint density at radius 3 is 3.00 bits per heavy atom. The molecule has 3 aromatic rings.